The lowest BCUT2D eigenvalue weighted by Gasteiger charge is -2.30. The molecule has 2 unspecified atom stereocenters. The number of ether oxygens (including phenoxy) is 1. The highest BCUT2D eigenvalue weighted by Gasteiger charge is 2.39. The van der Waals surface area contributed by atoms with Crippen LogP contribution in [0.4, 0.5) is 0 Å². The summed E-state index contributed by atoms with van der Waals surface area (Å²) in [4.78, 5) is 2.63. The van der Waals surface area contributed by atoms with E-state index in [0.717, 1.165) is 31.5 Å². The molecule has 1 aromatic carbocycles. The summed E-state index contributed by atoms with van der Waals surface area (Å²) < 4.78 is 5.79. The van der Waals surface area contributed by atoms with Crippen molar-refractivity contribution in [2.24, 2.45) is 0 Å². The van der Waals surface area contributed by atoms with E-state index < -0.39 is 0 Å². The van der Waals surface area contributed by atoms with Gasteiger partial charge < -0.3 is 15.2 Å². The van der Waals surface area contributed by atoms with E-state index in [1.165, 1.54) is 31.2 Å². The minimum absolute atomic E-state index is 0.292. The van der Waals surface area contributed by atoms with Crippen molar-refractivity contribution in [2.75, 3.05) is 19.7 Å². The molecule has 4 heteroatoms. The molecule has 4 rings (SSSR count). The maximum atomic E-state index is 9.57. The van der Waals surface area contributed by atoms with Crippen molar-refractivity contribution in [1.29, 1.82) is 0 Å². The lowest BCUT2D eigenvalue weighted by Crippen LogP contribution is -2.41. The molecule has 1 aromatic rings. The molecule has 1 saturated carbocycles. The largest absolute Gasteiger partial charge is 0.508 e. The van der Waals surface area contributed by atoms with E-state index in [2.05, 4.69) is 10.2 Å². The van der Waals surface area contributed by atoms with Crippen LogP contribution in [0.3, 0.4) is 0 Å². The molecule has 2 N–H and O–H groups in total. The minimum Gasteiger partial charge on any atom is -0.508 e. The summed E-state index contributed by atoms with van der Waals surface area (Å²) >= 11 is 0. The van der Waals surface area contributed by atoms with Crippen molar-refractivity contribution in [3.05, 3.63) is 23.8 Å². The van der Waals surface area contributed by atoms with Crippen molar-refractivity contribution < 1.29 is 9.84 Å². The average Bonchev–Trinajstić information content (AvgIpc) is 3.00. The van der Waals surface area contributed by atoms with Crippen molar-refractivity contribution in [3.63, 3.8) is 0 Å². The summed E-state index contributed by atoms with van der Waals surface area (Å²) in [5.41, 5.74) is 1.24. The van der Waals surface area contributed by atoms with E-state index >= 15 is 0 Å². The van der Waals surface area contributed by atoms with Gasteiger partial charge in [-0.3, -0.25) is 4.90 Å². The van der Waals surface area contributed by atoms with Gasteiger partial charge in [0, 0.05) is 30.3 Å². The van der Waals surface area contributed by atoms with E-state index in [0.29, 0.717) is 17.8 Å². The highest BCUT2D eigenvalue weighted by atomic mass is 16.5. The maximum Gasteiger partial charge on any atom is 0.127 e. The zero-order chi connectivity index (χ0) is 13.5. The number of hydrogen-bond donors (Lipinski definition) is 2. The first kappa shape index (κ1) is 12.5. The summed E-state index contributed by atoms with van der Waals surface area (Å²) in [5, 5.41) is 13.2. The van der Waals surface area contributed by atoms with Crippen LogP contribution in [0, 0.1) is 0 Å². The van der Waals surface area contributed by atoms with Gasteiger partial charge in [-0.1, -0.05) is 0 Å². The molecule has 2 atom stereocenters. The first-order valence-corrected chi connectivity index (χ1v) is 7.76. The number of benzene rings is 1. The monoisotopic (exact) mass is 274 g/mol. The smallest absolute Gasteiger partial charge is 0.127 e. The van der Waals surface area contributed by atoms with Crippen LogP contribution in [0.1, 0.15) is 37.3 Å². The van der Waals surface area contributed by atoms with Gasteiger partial charge in [-0.15, -0.1) is 0 Å². The Labute approximate surface area is 119 Å². The second-order valence-electron chi connectivity index (χ2n) is 6.27. The van der Waals surface area contributed by atoms with Crippen LogP contribution in [-0.4, -0.2) is 41.8 Å². The molecule has 0 aromatic heterocycles. The molecule has 0 amide bonds. The Bertz CT molecular complexity index is 495. The number of phenolic OH excluding ortho intramolecular Hbond substituents is 1. The Hall–Kier alpha value is -1.26. The van der Waals surface area contributed by atoms with Gasteiger partial charge in [0.1, 0.15) is 18.1 Å². The molecule has 3 aliphatic rings. The zero-order valence-electron chi connectivity index (χ0n) is 11.7. The lowest BCUT2D eigenvalue weighted by molar-refractivity contribution is 0.143. The fourth-order valence-electron chi connectivity index (χ4n) is 3.56. The van der Waals surface area contributed by atoms with E-state index in [9.17, 15) is 5.11 Å². The Morgan fingerprint density at radius 1 is 1.30 bits per heavy atom. The van der Waals surface area contributed by atoms with E-state index in [-0.39, 0.29) is 0 Å². The summed E-state index contributed by atoms with van der Waals surface area (Å²) in [5.74, 6) is 1.15. The normalized spacial score (nSPS) is 28.6. The van der Waals surface area contributed by atoms with Crippen LogP contribution in [-0.2, 0) is 0 Å². The second kappa shape index (κ2) is 4.93. The Balaban J connectivity index is 1.55. The standard InChI is InChI=1S/C16H22N2O2/c19-13-5-6-14-15(10-20-16(14)8-13)18(12-3-4-12)9-11-2-1-7-17-11/h5-6,8,11-12,15,17,19H,1-4,7,9-10H2. The van der Waals surface area contributed by atoms with Crippen molar-refractivity contribution >= 4 is 0 Å². The number of aromatic hydroxyl groups is 1. The molecule has 1 aliphatic carbocycles. The van der Waals surface area contributed by atoms with Gasteiger partial charge in [-0.05, 0) is 44.4 Å². The highest BCUT2D eigenvalue weighted by molar-refractivity contribution is 5.44. The van der Waals surface area contributed by atoms with Crippen LogP contribution >= 0.6 is 0 Å². The third-order valence-electron chi connectivity index (χ3n) is 4.76. The van der Waals surface area contributed by atoms with Gasteiger partial charge in [-0.25, -0.2) is 0 Å². The molecule has 0 radical (unpaired) electrons. The van der Waals surface area contributed by atoms with Crippen molar-refractivity contribution in [3.8, 4) is 11.5 Å². The van der Waals surface area contributed by atoms with Crippen LogP contribution in [0.5, 0.6) is 11.5 Å². The summed E-state index contributed by atoms with van der Waals surface area (Å²) in [6.45, 7) is 3.01. The van der Waals surface area contributed by atoms with Gasteiger partial charge in [0.05, 0.1) is 6.04 Å². The molecule has 0 bridgehead atoms. The number of nitrogens with one attached hydrogen (secondary N) is 1. The third kappa shape index (κ3) is 2.27. The van der Waals surface area contributed by atoms with Gasteiger partial charge in [0.15, 0.2) is 0 Å². The van der Waals surface area contributed by atoms with Crippen molar-refractivity contribution in [2.45, 2.75) is 43.8 Å². The summed E-state index contributed by atoms with van der Waals surface area (Å²) in [7, 11) is 0. The molecule has 108 valence electrons. The van der Waals surface area contributed by atoms with E-state index in [1.807, 2.05) is 6.07 Å². The third-order valence-corrected chi connectivity index (χ3v) is 4.76. The zero-order valence-corrected chi connectivity index (χ0v) is 11.7. The summed E-state index contributed by atoms with van der Waals surface area (Å²) in [6, 6.07) is 7.27. The molecule has 2 fully saturated rings. The first-order valence-electron chi connectivity index (χ1n) is 7.76. The lowest BCUT2D eigenvalue weighted by atomic mass is 10.1. The number of nitrogens with zero attached hydrogens (tertiary/aromatic N) is 1. The molecule has 20 heavy (non-hydrogen) atoms. The van der Waals surface area contributed by atoms with Gasteiger partial charge in [0.2, 0.25) is 0 Å². The Morgan fingerprint density at radius 3 is 2.95 bits per heavy atom. The Kier molecular flexibility index (Phi) is 3.08. The predicted molar refractivity (Wildman–Crippen MR) is 77.1 cm³/mol. The first-order chi connectivity index (χ1) is 9.81. The van der Waals surface area contributed by atoms with Crippen LogP contribution in [0.25, 0.3) is 0 Å². The molecule has 2 aliphatic heterocycles. The van der Waals surface area contributed by atoms with Crippen LogP contribution in [0.2, 0.25) is 0 Å². The minimum atomic E-state index is 0.292. The van der Waals surface area contributed by atoms with Gasteiger partial charge >= 0.3 is 0 Å². The quantitative estimate of drug-likeness (QED) is 0.882. The number of rotatable bonds is 4. The average molecular weight is 274 g/mol. The van der Waals surface area contributed by atoms with Crippen LogP contribution < -0.4 is 10.1 Å². The topological polar surface area (TPSA) is 44.7 Å². The number of fused-ring (bicyclic) bond motifs is 1. The highest BCUT2D eigenvalue weighted by Crippen LogP contribution is 2.42. The maximum absolute atomic E-state index is 9.57. The SMILES string of the molecule is Oc1ccc2c(c1)OCC2N(CC1CCCN1)C1CC1. The summed E-state index contributed by atoms with van der Waals surface area (Å²) in [6.07, 6.45) is 5.22. The molecular weight excluding hydrogens is 252 g/mol. The molecular formula is C16H22N2O2. The van der Waals surface area contributed by atoms with E-state index in [1.54, 1.807) is 12.1 Å². The molecule has 1 saturated heterocycles. The van der Waals surface area contributed by atoms with Gasteiger partial charge in [0.25, 0.3) is 0 Å². The van der Waals surface area contributed by atoms with Gasteiger partial charge in [-0.2, -0.15) is 0 Å². The fourth-order valence-corrected chi connectivity index (χ4v) is 3.56. The van der Waals surface area contributed by atoms with Crippen molar-refractivity contribution in [1.82, 2.24) is 10.2 Å². The van der Waals surface area contributed by atoms with Crippen LogP contribution in [0.15, 0.2) is 18.2 Å². The molecule has 0 spiro atoms. The van der Waals surface area contributed by atoms with E-state index in [4.69, 9.17) is 4.74 Å². The Morgan fingerprint density at radius 2 is 2.20 bits per heavy atom. The number of phenols is 1. The second-order valence-corrected chi connectivity index (χ2v) is 6.27. The molecule has 2 heterocycles. The number of hydrogen-bond acceptors (Lipinski definition) is 4. The molecule has 4 nitrogen and oxygen atoms in total. The predicted octanol–water partition coefficient (Wildman–Crippen LogP) is 2.04. The fraction of sp³-hybridized carbons (Fsp3) is 0.625.